The van der Waals surface area contributed by atoms with Crippen LogP contribution in [-0.4, -0.2) is 17.1 Å². The second-order valence-corrected chi connectivity index (χ2v) is 3.60. The maximum absolute atomic E-state index is 13.5. The maximum Gasteiger partial charge on any atom is 0.345 e. The summed E-state index contributed by atoms with van der Waals surface area (Å²) in [4.78, 5) is 17.5. The third-order valence-electron chi connectivity index (χ3n) is 2.33. The molecule has 0 saturated carbocycles. The van der Waals surface area contributed by atoms with E-state index in [0.29, 0.717) is 17.0 Å². The van der Waals surface area contributed by atoms with E-state index in [1.807, 2.05) is 0 Å². The monoisotopic (exact) mass is 234 g/mol. The number of hydrogen-bond acceptors (Lipinski definition) is 3. The molecule has 0 fully saturated rings. The number of hydrogen-bond donors (Lipinski definition) is 1. The van der Waals surface area contributed by atoms with Crippen LogP contribution in [0.2, 0.25) is 0 Å². The zero-order chi connectivity index (χ0) is 12.4. The van der Waals surface area contributed by atoms with Crippen LogP contribution in [0.25, 0.3) is 11.3 Å². The molecule has 1 heterocycles. The molecule has 88 valence electrons. The lowest BCUT2D eigenvalue weighted by Gasteiger charge is -2.05. The summed E-state index contributed by atoms with van der Waals surface area (Å²) in [6, 6.07) is 6.13. The maximum atomic E-state index is 13.5. The van der Waals surface area contributed by atoms with E-state index in [1.54, 1.807) is 19.1 Å². The van der Waals surface area contributed by atoms with Crippen LogP contribution in [0.5, 0.6) is 5.75 Å². The molecule has 0 saturated heterocycles. The van der Waals surface area contributed by atoms with Crippen LogP contribution in [0.1, 0.15) is 5.69 Å². The van der Waals surface area contributed by atoms with Crippen molar-refractivity contribution in [2.75, 3.05) is 7.11 Å². The van der Waals surface area contributed by atoms with Crippen molar-refractivity contribution in [3.63, 3.8) is 0 Å². The van der Waals surface area contributed by atoms with E-state index in [1.165, 1.54) is 19.2 Å². The zero-order valence-corrected chi connectivity index (χ0v) is 9.45. The molecule has 2 rings (SSSR count). The van der Waals surface area contributed by atoms with Gasteiger partial charge in [-0.3, -0.25) is 0 Å². The van der Waals surface area contributed by atoms with Gasteiger partial charge < -0.3 is 9.72 Å². The number of halogens is 1. The molecule has 0 amide bonds. The molecule has 0 aliphatic rings. The number of benzene rings is 1. The molecule has 0 radical (unpaired) electrons. The smallest absolute Gasteiger partial charge is 0.345 e. The quantitative estimate of drug-likeness (QED) is 0.863. The van der Waals surface area contributed by atoms with Crippen LogP contribution in [0.15, 0.2) is 29.1 Å². The van der Waals surface area contributed by atoms with Gasteiger partial charge in [-0.2, -0.15) is 4.98 Å². The van der Waals surface area contributed by atoms with E-state index in [2.05, 4.69) is 9.97 Å². The Balaban J connectivity index is 2.53. The molecule has 1 aromatic carbocycles. The Morgan fingerprint density at radius 3 is 2.71 bits per heavy atom. The summed E-state index contributed by atoms with van der Waals surface area (Å²) in [6.07, 6.45) is 0. The summed E-state index contributed by atoms with van der Waals surface area (Å²) in [5.74, 6) is -0.319. The van der Waals surface area contributed by atoms with Gasteiger partial charge in [0.15, 0.2) is 11.6 Å². The highest BCUT2D eigenvalue weighted by molar-refractivity contribution is 5.60. The molecular weight excluding hydrogens is 223 g/mol. The third kappa shape index (κ3) is 2.33. The number of H-pyrrole nitrogens is 1. The predicted molar refractivity (Wildman–Crippen MR) is 61.5 cm³/mol. The lowest BCUT2D eigenvalue weighted by molar-refractivity contribution is 0.386. The number of ether oxygens (including phenoxy) is 1. The predicted octanol–water partition coefficient (Wildman–Crippen LogP) is 1.89. The molecule has 0 spiro atoms. The van der Waals surface area contributed by atoms with Crippen LogP contribution in [0.4, 0.5) is 4.39 Å². The highest BCUT2D eigenvalue weighted by Gasteiger charge is 2.07. The van der Waals surface area contributed by atoms with Gasteiger partial charge in [0.25, 0.3) is 0 Å². The van der Waals surface area contributed by atoms with Gasteiger partial charge in [-0.15, -0.1) is 0 Å². The second kappa shape index (κ2) is 4.37. The first-order chi connectivity index (χ1) is 8.10. The van der Waals surface area contributed by atoms with E-state index in [0.717, 1.165) is 0 Å². The van der Waals surface area contributed by atoms with Crippen molar-refractivity contribution in [3.05, 3.63) is 46.3 Å². The Morgan fingerprint density at radius 1 is 1.35 bits per heavy atom. The number of rotatable bonds is 2. The van der Waals surface area contributed by atoms with Crippen molar-refractivity contribution < 1.29 is 9.13 Å². The molecule has 0 unspecified atom stereocenters. The Morgan fingerprint density at radius 2 is 2.12 bits per heavy atom. The summed E-state index contributed by atoms with van der Waals surface area (Å²) < 4.78 is 18.3. The summed E-state index contributed by atoms with van der Waals surface area (Å²) in [6.45, 7) is 1.74. The minimum Gasteiger partial charge on any atom is -0.494 e. The first-order valence-electron chi connectivity index (χ1n) is 5.02. The summed E-state index contributed by atoms with van der Waals surface area (Å²) in [5.41, 5.74) is 1.21. The van der Waals surface area contributed by atoms with Gasteiger partial charge in [-0.25, -0.2) is 9.18 Å². The van der Waals surface area contributed by atoms with Gasteiger partial charge in [0, 0.05) is 11.3 Å². The normalized spacial score (nSPS) is 10.3. The van der Waals surface area contributed by atoms with Gasteiger partial charge in [-0.05, 0) is 31.2 Å². The topological polar surface area (TPSA) is 55.0 Å². The summed E-state index contributed by atoms with van der Waals surface area (Å²) in [5, 5.41) is 0. The Labute approximate surface area is 97.1 Å². The van der Waals surface area contributed by atoms with Gasteiger partial charge in [0.2, 0.25) is 0 Å². The molecule has 4 nitrogen and oxygen atoms in total. The first kappa shape index (κ1) is 11.3. The molecule has 1 aromatic heterocycles. The highest BCUT2D eigenvalue weighted by atomic mass is 19.1. The number of nitrogens with one attached hydrogen (secondary N) is 1. The number of nitrogens with zero attached hydrogens (tertiary/aromatic N) is 1. The largest absolute Gasteiger partial charge is 0.494 e. The standard InChI is InChI=1S/C12H11FN2O2/c1-7-5-10(15-12(16)14-7)8-3-4-11(17-2)9(13)6-8/h3-6H,1-2H3,(H,14,15,16). The van der Waals surface area contributed by atoms with Crippen LogP contribution >= 0.6 is 0 Å². The van der Waals surface area contributed by atoms with Crippen LogP contribution in [0, 0.1) is 12.7 Å². The molecule has 0 bridgehead atoms. The minimum absolute atomic E-state index is 0.162. The van der Waals surface area contributed by atoms with Crippen LogP contribution < -0.4 is 10.4 Å². The van der Waals surface area contributed by atoms with Crippen molar-refractivity contribution in [2.45, 2.75) is 6.92 Å². The summed E-state index contributed by atoms with van der Waals surface area (Å²) in [7, 11) is 1.40. The van der Waals surface area contributed by atoms with Crippen molar-refractivity contribution in [3.8, 4) is 17.0 Å². The Bertz CT molecular complexity index is 608. The fourth-order valence-electron chi connectivity index (χ4n) is 1.55. The van der Waals surface area contributed by atoms with E-state index < -0.39 is 11.5 Å². The minimum atomic E-state index is -0.482. The van der Waals surface area contributed by atoms with E-state index in [9.17, 15) is 9.18 Å². The molecule has 1 N–H and O–H groups in total. The number of aromatic nitrogens is 2. The molecule has 5 heteroatoms. The van der Waals surface area contributed by atoms with Gasteiger partial charge in [0.1, 0.15) is 0 Å². The number of methoxy groups -OCH3 is 1. The lowest BCUT2D eigenvalue weighted by atomic mass is 10.1. The van der Waals surface area contributed by atoms with Crippen molar-refractivity contribution >= 4 is 0 Å². The van der Waals surface area contributed by atoms with Gasteiger partial charge in [0.05, 0.1) is 12.8 Å². The third-order valence-corrected chi connectivity index (χ3v) is 2.33. The van der Waals surface area contributed by atoms with Crippen LogP contribution in [-0.2, 0) is 0 Å². The molecule has 2 aromatic rings. The number of aromatic amines is 1. The van der Waals surface area contributed by atoms with E-state index in [-0.39, 0.29) is 5.75 Å². The average Bonchev–Trinajstić information content (AvgIpc) is 2.27. The fraction of sp³-hybridized carbons (Fsp3) is 0.167. The van der Waals surface area contributed by atoms with E-state index >= 15 is 0 Å². The van der Waals surface area contributed by atoms with Crippen molar-refractivity contribution in [1.82, 2.24) is 9.97 Å². The molecule has 17 heavy (non-hydrogen) atoms. The van der Waals surface area contributed by atoms with Gasteiger partial charge in [-0.1, -0.05) is 0 Å². The Hall–Kier alpha value is -2.17. The highest BCUT2D eigenvalue weighted by Crippen LogP contribution is 2.23. The number of aryl methyl sites for hydroxylation is 1. The fourth-order valence-corrected chi connectivity index (χ4v) is 1.55. The Kier molecular flexibility index (Phi) is 2.91. The van der Waals surface area contributed by atoms with Crippen molar-refractivity contribution in [2.24, 2.45) is 0 Å². The SMILES string of the molecule is COc1ccc(-c2cc(C)[nH]c(=O)n2)cc1F. The van der Waals surface area contributed by atoms with Gasteiger partial charge >= 0.3 is 5.69 Å². The zero-order valence-electron chi connectivity index (χ0n) is 9.45. The molecule has 0 aliphatic heterocycles. The van der Waals surface area contributed by atoms with E-state index in [4.69, 9.17) is 4.74 Å². The first-order valence-corrected chi connectivity index (χ1v) is 5.02. The molecule has 0 atom stereocenters. The second-order valence-electron chi connectivity index (χ2n) is 3.60. The van der Waals surface area contributed by atoms with Crippen molar-refractivity contribution in [1.29, 1.82) is 0 Å². The van der Waals surface area contributed by atoms with Crippen LogP contribution in [0.3, 0.4) is 0 Å². The lowest BCUT2D eigenvalue weighted by Crippen LogP contribution is -2.11. The molecule has 0 aliphatic carbocycles. The summed E-state index contributed by atoms with van der Waals surface area (Å²) >= 11 is 0. The molecular formula is C12H11FN2O2. The average molecular weight is 234 g/mol.